The molecule has 0 radical (unpaired) electrons. The lowest BCUT2D eigenvalue weighted by molar-refractivity contribution is -0.379. The van der Waals surface area contributed by atoms with Gasteiger partial charge in [0.2, 0.25) is 5.91 Å². The summed E-state index contributed by atoms with van der Waals surface area (Å²) in [4.78, 5) is 13.4. The zero-order valence-corrected chi connectivity index (χ0v) is 58.3. The van der Waals surface area contributed by atoms with Crippen LogP contribution in [0.5, 0.6) is 0 Å². The number of carbonyl (C=O) groups is 1. The maximum Gasteiger partial charge on any atom is 0.220 e. The molecule has 17 unspecified atom stereocenters. The highest BCUT2D eigenvalue weighted by atomic mass is 16.8. The summed E-state index contributed by atoms with van der Waals surface area (Å²) in [6, 6.07) is -0.976. The third-order valence-corrected chi connectivity index (χ3v) is 19.2. The van der Waals surface area contributed by atoms with E-state index in [1.165, 1.54) is 218 Å². The van der Waals surface area contributed by atoms with Crippen LogP contribution in [0.1, 0.15) is 309 Å². The van der Waals surface area contributed by atoms with Gasteiger partial charge in [-0.3, -0.25) is 4.79 Å². The van der Waals surface area contributed by atoms with E-state index in [9.17, 15) is 61.0 Å². The predicted octanol–water partition coefficient (Wildman–Crippen LogP) is 11.4. The molecule has 0 aromatic carbocycles. The number of nitrogens with one attached hydrogen (secondary N) is 1. The summed E-state index contributed by atoms with van der Waals surface area (Å²) in [5, 5.41) is 121. The van der Waals surface area contributed by atoms with E-state index in [1.807, 2.05) is 6.08 Å². The van der Waals surface area contributed by atoms with Gasteiger partial charge in [-0.2, -0.15) is 0 Å². The van der Waals surface area contributed by atoms with Crippen molar-refractivity contribution >= 4 is 5.91 Å². The van der Waals surface area contributed by atoms with Gasteiger partial charge in [0.25, 0.3) is 0 Å². The lowest BCUT2D eigenvalue weighted by Gasteiger charge is -2.48. The molecular formula is C74H139NO18. The number of aliphatic hydroxyl groups excluding tert-OH is 11. The molecule has 93 heavy (non-hydrogen) atoms. The summed E-state index contributed by atoms with van der Waals surface area (Å²) in [5.41, 5.74) is 0. The highest BCUT2D eigenvalue weighted by Gasteiger charge is 2.53. The Hall–Kier alpha value is -1.73. The zero-order chi connectivity index (χ0) is 67.5. The zero-order valence-electron chi connectivity index (χ0n) is 58.3. The summed E-state index contributed by atoms with van der Waals surface area (Å²) in [6.45, 7) is 1.75. The number of rotatable bonds is 60. The van der Waals surface area contributed by atoms with Crippen LogP contribution in [-0.4, -0.2) is 193 Å². The van der Waals surface area contributed by atoms with E-state index in [2.05, 4.69) is 31.3 Å². The Morgan fingerprint density at radius 3 is 1.04 bits per heavy atom. The van der Waals surface area contributed by atoms with Gasteiger partial charge in [0.05, 0.1) is 38.6 Å². The first-order chi connectivity index (χ1) is 45.3. The highest BCUT2D eigenvalue weighted by molar-refractivity contribution is 5.76. The average Bonchev–Trinajstić information content (AvgIpc) is 0.814. The van der Waals surface area contributed by atoms with Crippen LogP contribution in [0.15, 0.2) is 24.3 Å². The number of allylic oxidation sites excluding steroid dienone is 3. The molecule has 3 aliphatic rings. The van der Waals surface area contributed by atoms with Crippen LogP contribution < -0.4 is 5.32 Å². The third kappa shape index (κ3) is 37.3. The van der Waals surface area contributed by atoms with Gasteiger partial charge in [0.15, 0.2) is 18.9 Å². The number of carbonyl (C=O) groups excluding carboxylic acids is 1. The van der Waals surface area contributed by atoms with E-state index in [4.69, 9.17) is 28.4 Å². The Balaban J connectivity index is 1.36. The Labute approximate surface area is 562 Å². The first-order valence-electron chi connectivity index (χ1n) is 38.1. The van der Waals surface area contributed by atoms with Gasteiger partial charge in [0.1, 0.15) is 73.2 Å². The third-order valence-electron chi connectivity index (χ3n) is 19.2. The Morgan fingerprint density at radius 1 is 0.376 bits per heavy atom. The summed E-state index contributed by atoms with van der Waals surface area (Å²) < 4.78 is 34.4. The lowest BCUT2D eigenvalue weighted by atomic mass is 9.96. The topological polar surface area (TPSA) is 307 Å². The normalized spacial score (nSPS) is 27.6. The minimum Gasteiger partial charge on any atom is -0.394 e. The minimum absolute atomic E-state index is 0.235. The summed E-state index contributed by atoms with van der Waals surface area (Å²) >= 11 is 0. The van der Waals surface area contributed by atoms with Crippen molar-refractivity contribution in [1.29, 1.82) is 0 Å². The predicted molar refractivity (Wildman–Crippen MR) is 365 cm³/mol. The smallest absolute Gasteiger partial charge is 0.220 e. The molecule has 17 atom stereocenters. The molecule has 0 spiro atoms. The molecule has 3 heterocycles. The fraction of sp³-hybridized carbons (Fsp3) is 0.932. The number of amides is 1. The van der Waals surface area contributed by atoms with Gasteiger partial charge in [-0.05, 0) is 44.9 Å². The summed E-state index contributed by atoms with van der Waals surface area (Å²) in [5.74, 6) is -0.281. The van der Waals surface area contributed by atoms with Gasteiger partial charge >= 0.3 is 0 Å². The molecule has 548 valence electrons. The van der Waals surface area contributed by atoms with Crippen LogP contribution >= 0.6 is 0 Å². The molecule has 0 aliphatic carbocycles. The lowest BCUT2D eigenvalue weighted by Crippen LogP contribution is -2.66. The van der Waals surface area contributed by atoms with Crippen molar-refractivity contribution in [3.05, 3.63) is 24.3 Å². The monoisotopic (exact) mass is 1330 g/mol. The van der Waals surface area contributed by atoms with E-state index in [1.54, 1.807) is 6.08 Å². The molecular weight excluding hydrogens is 1190 g/mol. The van der Waals surface area contributed by atoms with Crippen LogP contribution in [-0.2, 0) is 33.2 Å². The number of aliphatic hydroxyl groups is 11. The van der Waals surface area contributed by atoms with Gasteiger partial charge < -0.3 is 89.9 Å². The molecule has 0 bridgehead atoms. The van der Waals surface area contributed by atoms with Crippen molar-refractivity contribution in [2.24, 2.45) is 0 Å². The summed E-state index contributed by atoms with van der Waals surface area (Å²) in [6.07, 6.45) is 39.0. The average molecular weight is 1330 g/mol. The van der Waals surface area contributed by atoms with Crippen LogP contribution in [0, 0.1) is 0 Å². The standard InChI is InChI=1S/C74H139NO18/c1-3-5-7-9-11-13-15-17-19-20-21-22-23-24-25-26-27-28-29-30-31-32-33-34-35-36-38-39-41-43-45-47-49-51-58(79)57(75-62(80)52-50-48-46-44-42-40-37-18-16-14-12-10-8-6-4-2)56-88-72-68(86)65(83)70(60(54-77)90-72)93-74-69(87)66(84)71(61(55-78)91-74)92-73-67(85)64(82)63(81)59(53-76)89-73/h18,37,49,51,57-61,63-74,76-79,81-87H,3-17,19-36,38-48,50,52-56H2,1-2H3,(H,75,80)/b37-18-,51-49+. The SMILES string of the molecule is CCCCCCCC/C=C\CCCCCCCC(=O)NC(COC1OC(CO)C(OC2OC(CO)C(OC3OC(CO)C(O)C(O)C3O)C(O)C2O)C(O)C1O)C(O)/C=C/CCCCCCCCCCCCCCCCCCCCCCCCCCCCCCCCC. The molecule has 0 aromatic heterocycles. The molecule has 12 N–H and O–H groups in total. The molecule has 19 nitrogen and oxygen atoms in total. The quantitative estimate of drug-likeness (QED) is 0.0199. The van der Waals surface area contributed by atoms with E-state index in [-0.39, 0.29) is 18.9 Å². The van der Waals surface area contributed by atoms with Crippen LogP contribution in [0.3, 0.4) is 0 Å². The number of unbranched alkanes of at least 4 members (excludes halogenated alkanes) is 42. The Kier molecular flexibility index (Phi) is 51.5. The van der Waals surface area contributed by atoms with Gasteiger partial charge in [-0.15, -0.1) is 0 Å². The highest BCUT2D eigenvalue weighted by Crippen LogP contribution is 2.33. The second-order valence-corrected chi connectivity index (χ2v) is 27.5. The maximum atomic E-state index is 13.4. The van der Waals surface area contributed by atoms with Crippen molar-refractivity contribution < 1.29 is 89.4 Å². The van der Waals surface area contributed by atoms with Crippen LogP contribution in [0.25, 0.3) is 0 Å². The first kappa shape index (κ1) is 85.5. The van der Waals surface area contributed by atoms with Crippen molar-refractivity contribution in [2.45, 2.75) is 413 Å². The molecule has 0 aromatic rings. The van der Waals surface area contributed by atoms with Crippen molar-refractivity contribution in [1.82, 2.24) is 5.32 Å². The molecule has 3 fully saturated rings. The van der Waals surface area contributed by atoms with Gasteiger partial charge in [-0.1, -0.05) is 282 Å². The maximum absolute atomic E-state index is 13.4. The molecule has 3 rings (SSSR count). The number of ether oxygens (including phenoxy) is 6. The van der Waals surface area contributed by atoms with E-state index < -0.39 is 124 Å². The van der Waals surface area contributed by atoms with Crippen molar-refractivity contribution in [3.8, 4) is 0 Å². The van der Waals surface area contributed by atoms with Crippen molar-refractivity contribution in [3.63, 3.8) is 0 Å². The molecule has 3 saturated heterocycles. The largest absolute Gasteiger partial charge is 0.394 e. The fourth-order valence-electron chi connectivity index (χ4n) is 13.1. The number of hydrogen-bond donors (Lipinski definition) is 12. The minimum atomic E-state index is -1.98. The van der Waals surface area contributed by atoms with Crippen molar-refractivity contribution in [2.75, 3.05) is 26.4 Å². The Morgan fingerprint density at radius 2 is 0.677 bits per heavy atom. The van der Waals surface area contributed by atoms with E-state index >= 15 is 0 Å². The second-order valence-electron chi connectivity index (χ2n) is 27.5. The van der Waals surface area contributed by atoms with Gasteiger partial charge in [0, 0.05) is 6.42 Å². The molecule has 3 aliphatic heterocycles. The molecule has 19 heteroatoms. The molecule has 0 saturated carbocycles. The first-order valence-corrected chi connectivity index (χ1v) is 38.1. The molecule has 1 amide bonds. The second kappa shape index (κ2) is 56.1. The fourth-order valence-corrected chi connectivity index (χ4v) is 13.1. The number of hydrogen-bond acceptors (Lipinski definition) is 18. The Bertz CT molecular complexity index is 1780. The van der Waals surface area contributed by atoms with E-state index in [0.29, 0.717) is 6.42 Å². The van der Waals surface area contributed by atoms with Crippen LogP contribution in [0.4, 0.5) is 0 Å². The van der Waals surface area contributed by atoms with Crippen LogP contribution in [0.2, 0.25) is 0 Å². The summed E-state index contributed by atoms with van der Waals surface area (Å²) in [7, 11) is 0. The van der Waals surface area contributed by atoms with Gasteiger partial charge in [-0.25, -0.2) is 0 Å². The van der Waals surface area contributed by atoms with E-state index in [0.717, 1.165) is 64.2 Å².